The maximum Gasteiger partial charge on any atom is 0.417 e. The SMILES string of the molecule is CN1C(=O)CCOc2ccccc21.NC(=O)c1[nH]nc2ncc(C(F)(F)F)cc12. The van der Waals surface area contributed by atoms with Gasteiger partial charge in [-0.25, -0.2) is 4.98 Å². The zero-order valence-corrected chi connectivity index (χ0v) is 15.2. The van der Waals surface area contributed by atoms with E-state index in [1.165, 1.54) is 0 Å². The van der Waals surface area contributed by atoms with Crippen LogP contribution in [0.1, 0.15) is 22.5 Å². The molecule has 8 nitrogen and oxygen atoms in total. The molecule has 3 N–H and O–H groups in total. The zero-order valence-electron chi connectivity index (χ0n) is 15.2. The molecule has 4 rings (SSSR count). The van der Waals surface area contributed by atoms with Gasteiger partial charge in [-0.2, -0.15) is 18.3 Å². The van der Waals surface area contributed by atoms with E-state index in [2.05, 4.69) is 15.2 Å². The van der Waals surface area contributed by atoms with Gasteiger partial charge in [-0.15, -0.1) is 0 Å². The van der Waals surface area contributed by atoms with E-state index in [9.17, 15) is 22.8 Å². The molecule has 1 aliphatic heterocycles. The molecule has 2 aromatic heterocycles. The summed E-state index contributed by atoms with van der Waals surface area (Å²) in [6, 6.07) is 8.36. The number of fused-ring (bicyclic) bond motifs is 2. The number of aromatic amines is 1. The Kier molecular flexibility index (Phi) is 5.39. The van der Waals surface area contributed by atoms with Crippen molar-refractivity contribution in [1.29, 1.82) is 0 Å². The monoisotopic (exact) mass is 407 g/mol. The van der Waals surface area contributed by atoms with Crippen molar-refractivity contribution in [1.82, 2.24) is 15.2 Å². The van der Waals surface area contributed by atoms with Crippen LogP contribution in [0.4, 0.5) is 18.9 Å². The Morgan fingerprint density at radius 1 is 1.31 bits per heavy atom. The number of halogens is 3. The number of alkyl halides is 3. The molecule has 3 heterocycles. The van der Waals surface area contributed by atoms with Crippen molar-refractivity contribution in [3.8, 4) is 5.75 Å². The minimum absolute atomic E-state index is 0.0156. The van der Waals surface area contributed by atoms with Crippen LogP contribution in [0, 0.1) is 0 Å². The first-order valence-electron chi connectivity index (χ1n) is 8.38. The average molecular weight is 407 g/mol. The molecular weight excluding hydrogens is 391 g/mol. The van der Waals surface area contributed by atoms with Gasteiger partial charge in [0.05, 0.1) is 29.7 Å². The van der Waals surface area contributed by atoms with E-state index in [0.29, 0.717) is 19.2 Å². The van der Waals surface area contributed by atoms with Crippen LogP contribution in [0.5, 0.6) is 5.75 Å². The summed E-state index contributed by atoms with van der Waals surface area (Å²) in [5, 5.41) is 5.76. The fraction of sp³-hybridized carbons (Fsp3) is 0.222. The molecule has 152 valence electrons. The largest absolute Gasteiger partial charge is 0.491 e. The van der Waals surface area contributed by atoms with Crippen LogP contribution < -0.4 is 15.4 Å². The Bertz CT molecular complexity index is 1060. The summed E-state index contributed by atoms with van der Waals surface area (Å²) >= 11 is 0. The Morgan fingerprint density at radius 3 is 2.72 bits per heavy atom. The summed E-state index contributed by atoms with van der Waals surface area (Å²) < 4.78 is 42.5. The molecule has 0 radical (unpaired) electrons. The fourth-order valence-corrected chi connectivity index (χ4v) is 2.65. The highest BCUT2D eigenvalue weighted by atomic mass is 19.4. The van der Waals surface area contributed by atoms with Crippen molar-refractivity contribution >= 4 is 28.5 Å². The van der Waals surface area contributed by atoms with Crippen molar-refractivity contribution < 1.29 is 27.5 Å². The van der Waals surface area contributed by atoms with E-state index in [1.807, 2.05) is 24.3 Å². The maximum absolute atomic E-state index is 12.4. The number of hydrogen-bond donors (Lipinski definition) is 2. The number of carbonyl (C=O) groups excluding carboxylic acids is 2. The number of nitrogens with two attached hydrogens (primary N) is 1. The van der Waals surface area contributed by atoms with E-state index >= 15 is 0 Å². The highest BCUT2D eigenvalue weighted by Gasteiger charge is 2.31. The molecule has 2 amide bonds. The van der Waals surface area contributed by atoms with Gasteiger partial charge in [-0.1, -0.05) is 12.1 Å². The number of anilines is 1. The van der Waals surface area contributed by atoms with Gasteiger partial charge in [0.25, 0.3) is 5.91 Å². The summed E-state index contributed by atoms with van der Waals surface area (Å²) in [6.45, 7) is 0.472. The second kappa shape index (κ2) is 7.78. The normalized spacial score (nSPS) is 13.8. The standard InChI is InChI=1S/C10H11NO2.C8H5F3N4O/c1-11-8-4-2-3-5-9(8)13-7-6-10(11)12;9-8(10,11)3-1-4-5(6(12)16)14-15-7(4)13-2-3/h2-5H,6-7H2,1H3;1-2H,(H2,12,16)(H,13,14,15). The van der Waals surface area contributed by atoms with Crippen molar-refractivity contribution in [2.75, 3.05) is 18.6 Å². The molecule has 11 heteroatoms. The number of nitrogens with one attached hydrogen (secondary N) is 1. The molecule has 0 atom stereocenters. The first-order chi connectivity index (χ1) is 13.7. The number of rotatable bonds is 1. The quantitative estimate of drug-likeness (QED) is 0.643. The van der Waals surface area contributed by atoms with Crippen molar-refractivity contribution in [3.05, 3.63) is 47.8 Å². The van der Waals surface area contributed by atoms with Crippen LogP contribution in [0.25, 0.3) is 11.0 Å². The number of nitrogens with zero attached hydrogens (tertiary/aromatic N) is 3. The Balaban J connectivity index is 0.000000169. The van der Waals surface area contributed by atoms with Crippen LogP contribution >= 0.6 is 0 Å². The van der Waals surface area contributed by atoms with Gasteiger partial charge < -0.3 is 15.4 Å². The maximum atomic E-state index is 12.4. The Morgan fingerprint density at radius 2 is 2.03 bits per heavy atom. The lowest BCUT2D eigenvalue weighted by molar-refractivity contribution is -0.137. The molecular formula is C18H16F3N5O3. The highest BCUT2D eigenvalue weighted by Crippen LogP contribution is 2.31. The smallest absolute Gasteiger partial charge is 0.417 e. The van der Waals surface area contributed by atoms with Gasteiger partial charge in [0, 0.05) is 13.2 Å². The zero-order chi connectivity index (χ0) is 21.2. The molecule has 29 heavy (non-hydrogen) atoms. The van der Waals surface area contributed by atoms with Crippen LogP contribution in [0.15, 0.2) is 36.5 Å². The summed E-state index contributed by atoms with van der Waals surface area (Å²) in [5.74, 6) is 0.00410. The van der Waals surface area contributed by atoms with Crippen molar-refractivity contribution in [2.45, 2.75) is 12.6 Å². The van der Waals surface area contributed by atoms with Gasteiger partial charge in [-0.3, -0.25) is 14.7 Å². The third kappa shape index (κ3) is 4.28. The molecule has 0 saturated carbocycles. The molecule has 0 saturated heterocycles. The van der Waals surface area contributed by atoms with E-state index in [-0.39, 0.29) is 22.6 Å². The number of carbonyl (C=O) groups is 2. The fourth-order valence-electron chi connectivity index (χ4n) is 2.65. The molecule has 0 unspecified atom stereocenters. The molecule has 0 fully saturated rings. The predicted octanol–water partition coefficient (Wildman–Crippen LogP) is 2.51. The van der Waals surface area contributed by atoms with Gasteiger partial charge in [0.1, 0.15) is 11.4 Å². The van der Waals surface area contributed by atoms with Crippen LogP contribution in [0.2, 0.25) is 0 Å². The van der Waals surface area contributed by atoms with Gasteiger partial charge in [0.15, 0.2) is 5.65 Å². The van der Waals surface area contributed by atoms with Crippen molar-refractivity contribution in [2.24, 2.45) is 5.73 Å². The van der Waals surface area contributed by atoms with E-state index in [0.717, 1.165) is 17.5 Å². The molecule has 1 aromatic carbocycles. The summed E-state index contributed by atoms with van der Waals surface area (Å²) in [4.78, 5) is 27.4. The molecule has 0 aliphatic carbocycles. The molecule has 1 aliphatic rings. The summed E-state index contributed by atoms with van der Waals surface area (Å²) in [5.41, 5.74) is 4.69. The third-order valence-corrected chi connectivity index (χ3v) is 4.16. The van der Waals surface area contributed by atoms with Gasteiger partial charge >= 0.3 is 6.18 Å². The second-order valence-corrected chi connectivity index (χ2v) is 6.07. The van der Waals surface area contributed by atoms with E-state index in [1.54, 1.807) is 11.9 Å². The van der Waals surface area contributed by atoms with Crippen LogP contribution in [-0.4, -0.2) is 40.7 Å². The Hall–Kier alpha value is -3.63. The van der Waals surface area contributed by atoms with Gasteiger partial charge in [-0.05, 0) is 18.2 Å². The number of ether oxygens (including phenoxy) is 1. The topological polar surface area (TPSA) is 114 Å². The summed E-state index contributed by atoms with van der Waals surface area (Å²) in [6.07, 6.45) is -3.42. The van der Waals surface area contributed by atoms with Gasteiger partial charge in [0.2, 0.25) is 5.91 Å². The average Bonchev–Trinajstić information content (AvgIpc) is 3.05. The number of primary amides is 1. The number of para-hydroxylation sites is 2. The lowest BCUT2D eigenvalue weighted by Crippen LogP contribution is -2.24. The summed E-state index contributed by atoms with van der Waals surface area (Å²) in [7, 11) is 1.77. The number of hydrogen-bond acceptors (Lipinski definition) is 5. The molecule has 0 bridgehead atoms. The highest BCUT2D eigenvalue weighted by molar-refractivity contribution is 6.03. The molecule has 3 aromatic rings. The lowest BCUT2D eigenvalue weighted by Gasteiger charge is -2.15. The Labute approximate surface area is 162 Å². The number of amides is 2. The predicted molar refractivity (Wildman–Crippen MR) is 97.4 cm³/mol. The van der Waals surface area contributed by atoms with Crippen LogP contribution in [0.3, 0.4) is 0 Å². The van der Waals surface area contributed by atoms with Crippen molar-refractivity contribution in [3.63, 3.8) is 0 Å². The number of H-pyrrole nitrogens is 1. The minimum Gasteiger partial charge on any atom is -0.491 e. The second-order valence-electron chi connectivity index (χ2n) is 6.07. The van der Waals surface area contributed by atoms with Crippen LogP contribution in [-0.2, 0) is 11.0 Å². The first-order valence-corrected chi connectivity index (χ1v) is 8.38. The first kappa shape index (κ1) is 20.1. The third-order valence-electron chi connectivity index (χ3n) is 4.16. The lowest BCUT2D eigenvalue weighted by atomic mass is 10.2. The van der Waals surface area contributed by atoms with E-state index in [4.69, 9.17) is 10.5 Å². The molecule has 0 spiro atoms. The van der Waals surface area contributed by atoms with E-state index < -0.39 is 17.6 Å². The minimum atomic E-state index is -4.52. The number of aromatic nitrogens is 3. The number of pyridine rings is 1. The number of benzene rings is 1.